The van der Waals surface area contributed by atoms with E-state index in [1.807, 2.05) is 12.3 Å². The van der Waals surface area contributed by atoms with E-state index in [-0.39, 0.29) is 17.2 Å². The van der Waals surface area contributed by atoms with E-state index in [4.69, 9.17) is 5.73 Å². The van der Waals surface area contributed by atoms with E-state index in [1.54, 1.807) is 11.3 Å². The lowest BCUT2D eigenvalue weighted by Gasteiger charge is -2.24. The van der Waals surface area contributed by atoms with Gasteiger partial charge in [-0.05, 0) is 18.8 Å². The fraction of sp³-hybridized carbons (Fsp3) is 0.714. The molecule has 19 heavy (non-hydrogen) atoms. The van der Waals surface area contributed by atoms with Crippen LogP contribution in [0.2, 0.25) is 0 Å². The molecule has 0 aliphatic carbocycles. The van der Waals surface area contributed by atoms with Crippen molar-refractivity contribution in [2.75, 3.05) is 13.1 Å². The standard InChI is InChI=1S/C14H25N3OS/c1-10-9-19-12(17-10)5-6-16-13(18)11(8-15)7-14(2,3)4/h9,11H,5-8,15H2,1-4H3,(H,16,18). The summed E-state index contributed by atoms with van der Waals surface area (Å²) in [7, 11) is 0. The highest BCUT2D eigenvalue weighted by Crippen LogP contribution is 2.23. The summed E-state index contributed by atoms with van der Waals surface area (Å²) in [6.45, 7) is 9.39. The monoisotopic (exact) mass is 283 g/mol. The first-order valence-electron chi connectivity index (χ1n) is 6.70. The van der Waals surface area contributed by atoms with Gasteiger partial charge in [-0.2, -0.15) is 0 Å². The van der Waals surface area contributed by atoms with Crippen LogP contribution in [0.5, 0.6) is 0 Å². The molecule has 1 aromatic heterocycles. The van der Waals surface area contributed by atoms with Crippen LogP contribution in [0, 0.1) is 18.3 Å². The van der Waals surface area contributed by atoms with Crippen LogP contribution in [0.1, 0.15) is 37.9 Å². The van der Waals surface area contributed by atoms with E-state index >= 15 is 0 Å². The maximum atomic E-state index is 12.0. The van der Waals surface area contributed by atoms with Crippen LogP contribution in [-0.4, -0.2) is 24.0 Å². The SMILES string of the molecule is Cc1csc(CCNC(=O)C(CN)CC(C)(C)C)n1. The predicted molar refractivity (Wildman–Crippen MR) is 80.2 cm³/mol. The van der Waals surface area contributed by atoms with E-state index in [0.29, 0.717) is 13.1 Å². The van der Waals surface area contributed by atoms with Crippen LogP contribution in [0.15, 0.2) is 5.38 Å². The molecule has 0 aliphatic heterocycles. The van der Waals surface area contributed by atoms with Gasteiger partial charge < -0.3 is 11.1 Å². The molecule has 1 aromatic rings. The molecule has 0 bridgehead atoms. The first-order chi connectivity index (χ1) is 8.81. The first-order valence-corrected chi connectivity index (χ1v) is 7.58. The molecule has 0 aromatic carbocycles. The van der Waals surface area contributed by atoms with E-state index in [9.17, 15) is 4.79 Å². The summed E-state index contributed by atoms with van der Waals surface area (Å²) < 4.78 is 0. The summed E-state index contributed by atoms with van der Waals surface area (Å²) in [5.74, 6) is -0.0382. The zero-order chi connectivity index (χ0) is 14.5. The molecule has 1 amide bonds. The smallest absolute Gasteiger partial charge is 0.224 e. The number of aryl methyl sites for hydroxylation is 1. The van der Waals surface area contributed by atoms with Crippen molar-refractivity contribution in [3.05, 3.63) is 16.1 Å². The summed E-state index contributed by atoms with van der Waals surface area (Å²) in [6.07, 6.45) is 1.60. The summed E-state index contributed by atoms with van der Waals surface area (Å²) >= 11 is 1.64. The topological polar surface area (TPSA) is 68.0 Å². The number of nitrogens with zero attached hydrogens (tertiary/aromatic N) is 1. The number of rotatable bonds is 6. The minimum Gasteiger partial charge on any atom is -0.355 e. The lowest BCUT2D eigenvalue weighted by molar-refractivity contribution is -0.125. The highest BCUT2D eigenvalue weighted by Gasteiger charge is 2.23. The number of hydrogen-bond acceptors (Lipinski definition) is 4. The van der Waals surface area contributed by atoms with E-state index in [2.05, 4.69) is 31.1 Å². The molecule has 0 fully saturated rings. The second-order valence-corrected chi connectivity index (χ2v) is 7.06. The molecule has 1 heterocycles. The third-order valence-corrected chi connectivity index (χ3v) is 3.85. The third-order valence-electron chi connectivity index (χ3n) is 2.82. The molecule has 0 saturated carbocycles. The maximum Gasteiger partial charge on any atom is 0.224 e. The van der Waals surface area contributed by atoms with Crippen molar-refractivity contribution in [2.24, 2.45) is 17.1 Å². The van der Waals surface area contributed by atoms with Crippen LogP contribution < -0.4 is 11.1 Å². The minimum atomic E-state index is -0.0990. The molecule has 1 rings (SSSR count). The van der Waals surface area contributed by atoms with Gasteiger partial charge in [-0.3, -0.25) is 4.79 Å². The first kappa shape index (κ1) is 16.1. The minimum absolute atomic E-state index is 0.0608. The normalized spacial score (nSPS) is 13.3. The number of hydrogen-bond donors (Lipinski definition) is 2. The van der Waals surface area contributed by atoms with E-state index < -0.39 is 0 Å². The van der Waals surface area contributed by atoms with Crippen molar-refractivity contribution in [1.29, 1.82) is 0 Å². The lowest BCUT2D eigenvalue weighted by Crippen LogP contribution is -2.38. The largest absolute Gasteiger partial charge is 0.355 e. The second-order valence-electron chi connectivity index (χ2n) is 6.12. The summed E-state index contributed by atoms with van der Waals surface area (Å²) in [5, 5.41) is 6.06. The fourth-order valence-electron chi connectivity index (χ4n) is 1.98. The van der Waals surface area contributed by atoms with Crippen LogP contribution in [0.3, 0.4) is 0 Å². The number of thiazole rings is 1. The van der Waals surface area contributed by atoms with Crippen molar-refractivity contribution in [3.63, 3.8) is 0 Å². The van der Waals surface area contributed by atoms with Gasteiger partial charge >= 0.3 is 0 Å². The molecular weight excluding hydrogens is 258 g/mol. The van der Waals surface area contributed by atoms with Gasteiger partial charge in [-0.15, -0.1) is 11.3 Å². The zero-order valence-electron chi connectivity index (χ0n) is 12.3. The predicted octanol–water partition coefficient (Wildman–Crippen LogP) is 2.12. The Morgan fingerprint density at radius 2 is 2.21 bits per heavy atom. The van der Waals surface area contributed by atoms with E-state index in [1.165, 1.54) is 0 Å². The summed E-state index contributed by atoms with van der Waals surface area (Å²) in [4.78, 5) is 16.4. The average Bonchev–Trinajstić information content (AvgIpc) is 2.70. The quantitative estimate of drug-likeness (QED) is 0.840. The molecule has 5 heteroatoms. The number of nitrogens with two attached hydrogens (primary N) is 1. The third kappa shape index (κ3) is 6.16. The molecule has 4 nitrogen and oxygen atoms in total. The maximum absolute atomic E-state index is 12.0. The van der Waals surface area contributed by atoms with Crippen molar-refractivity contribution in [3.8, 4) is 0 Å². The Labute approximate surface area is 119 Å². The Kier molecular flexibility index (Phi) is 5.94. The Hall–Kier alpha value is -0.940. The van der Waals surface area contributed by atoms with Crippen molar-refractivity contribution >= 4 is 17.2 Å². The molecule has 108 valence electrons. The van der Waals surface area contributed by atoms with Crippen molar-refractivity contribution in [1.82, 2.24) is 10.3 Å². The van der Waals surface area contributed by atoms with Crippen molar-refractivity contribution in [2.45, 2.75) is 40.5 Å². The molecular formula is C14H25N3OS. The lowest BCUT2D eigenvalue weighted by atomic mass is 9.84. The summed E-state index contributed by atoms with van der Waals surface area (Å²) in [6, 6.07) is 0. The summed E-state index contributed by atoms with van der Waals surface area (Å²) in [5.41, 5.74) is 6.86. The fourth-order valence-corrected chi connectivity index (χ4v) is 2.75. The molecule has 0 saturated heterocycles. The van der Waals surface area contributed by atoms with Gasteiger partial charge in [0.15, 0.2) is 0 Å². The van der Waals surface area contributed by atoms with Crippen LogP contribution in [0.25, 0.3) is 0 Å². The molecule has 1 unspecified atom stereocenters. The zero-order valence-corrected chi connectivity index (χ0v) is 13.1. The van der Waals surface area contributed by atoms with Gasteiger partial charge in [-0.1, -0.05) is 20.8 Å². The number of carbonyl (C=O) groups is 1. The number of aromatic nitrogens is 1. The van der Waals surface area contributed by atoms with Gasteiger partial charge in [0.1, 0.15) is 0 Å². The molecule has 0 spiro atoms. The van der Waals surface area contributed by atoms with Crippen LogP contribution >= 0.6 is 11.3 Å². The van der Waals surface area contributed by atoms with Crippen LogP contribution in [-0.2, 0) is 11.2 Å². The Bertz CT molecular complexity index is 409. The van der Waals surface area contributed by atoms with Gasteiger partial charge in [0.05, 0.1) is 10.9 Å². The van der Waals surface area contributed by atoms with Gasteiger partial charge in [-0.25, -0.2) is 4.98 Å². The van der Waals surface area contributed by atoms with Gasteiger partial charge in [0, 0.05) is 30.6 Å². The molecule has 1 atom stereocenters. The van der Waals surface area contributed by atoms with E-state index in [0.717, 1.165) is 23.5 Å². The highest BCUT2D eigenvalue weighted by atomic mass is 32.1. The number of carbonyl (C=O) groups excluding carboxylic acids is 1. The van der Waals surface area contributed by atoms with Crippen LogP contribution in [0.4, 0.5) is 0 Å². The Morgan fingerprint density at radius 3 is 2.68 bits per heavy atom. The van der Waals surface area contributed by atoms with Gasteiger partial charge in [0.25, 0.3) is 0 Å². The molecule has 3 N–H and O–H groups in total. The number of nitrogens with one attached hydrogen (secondary N) is 1. The Morgan fingerprint density at radius 1 is 1.53 bits per heavy atom. The molecule has 0 aliphatic rings. The van der Waals surface area contributed by atoms with Crippen molar-refractivity contribution < 1.29 is 4.79 Å². The van der Waals surface area contributed by atoms with Gasteiger partial charge in [0.2, 0.25) is 5.91 Å². The Balaban J connectivity index is 2.36. The second kappa shape index (κ2) is 7.01. The molecule has 0 radical (unpaired) electrons. The number of amides is 1. The average molecular weight is 283 g/mol. The highest BCUT2D eigenvalue weighted by molar-refractivity contribution is 7.09.